The van der Waals surface area contributed by atoms with Crippen LogP contribution in [0.25, 0.3) is 0 Å². The highest BCUT2D eigenvalue weighted by Gasteiger charge is 2.22. The van der Waals surface area contributed by atoms with E-state index in [4.69, 9.17) is 5.73 Å². The molecule has 25 heavy (non-hydrogen) atoms. The summed E-state index contributed by atoms with van der Waals surface area (Å²) in [5.41, 5.74) is 8.09. The summed E-state index contributed by atoms with van der Waals surface area (Å²) >= 11 is 0. The molecule has 0 aromatic heterocycles. The van der Waals surface area contributed by atoms with E-state index in [9.17, 15) is 4.79 Å². The Kier molecular flexibility index (Phi) is 9.55. The Morgan fingerprint density at radius 1 is 1.32 bits per heavy atom. The summed E-state index contributed by atoms with van der Waals surface area (Å²) in [7, 11) is 0. The molecule has 0 bridgehead atoms. The summed E-state index contributed by atoms with van der Waals surface area (Å²) in [5.74, 6) is 1.00. The van der Waals surface area contributed by atoms with Crippen molar-refractivity contribution in [2.24, 2.45) is 16.6 Å². The number of aliphatic imine (C=N–C) groups is 1. The smallest absolute Gasteiger partial charge is 0.244 e. The van der Waals surface area contributed by atoms with Gasteiger partial charge in [-0.25, -0.2) is 4.99 Å². The summed E-state index contributed by atoms with van der Waals surface area (Å²) in [6.45, 7) is 8.00. The first-order valence-electron chi connectivity index (χ1n) is 8.54. The van der Waals surface area contributed by atoms with E-state index in [0.717, 1.165) is 37.9 Å². The van der Waals surface area contributed by atoms with Gasteiger partial charge in [-0.2, -0.15) is 0 Å². The molecule has 1 aromatic rings. The molecular weight excluding hydrogens is 427 g/mol. The largest absolute Gasteiger partial charge is 0.370 e. The highest BCUT2D eigenvalue weighted by atomic mass is 127. The number of nitrogens with two attached hydrogens (primary N) is 1. The van der Waals surface area contributed by atoms with Gasteiger partial charge in [-0.1, -0.05) is 42.5 Å². The van der Waals surface area contributed by atoms with Gasteiger partial charge < -0.3 is 16.0 Å². The number of likely N-dealkylation sites (tertiary alicyclic amines) is 1. The number of guanidine groups is 1. The SMILES string of the molecule is C=C(C)CNC(N)=NCC(=O)N1CCC(Cc2ccccc2)CC1.I. The van der Waals surface area contributed by atoms with Gasteiger partial charge >= 0.3 is 0 Å². The lowest BCUT2D eigenvalue weighted by Gasteiger charge is -2.31. The minimum absolute atomic E-state index is 0. The molecule has 1 saturated heterocycles. The first kappa shape index (κ1) is 21.5. The zero-order chi connectivity index (χ0) is 17.4. The molecule has 0 atom stereocenters. The Balaban J connectivity index is 0.00000312. The minimum atomic E-state index is 0. The van der Waals surface area contributed by atoms with Crippen LogP contribution < -0.4 is 11.1 Å². The van der Waals surface area contributed by atoms with Crippen LogP contribution in [0, 0.1) is 5.92 Å². The van der Waals surface area contributed by atoms with E-state index in [0.29, 0.717) is 18.4 Å². The van der Waals surface area contributed by atoms with Gasteiger partial charge in [-0.3, -0.25) is 4.79 Å². The minimum Gasteiger partial charge on any atom is -0.370 e. The second-order valence-corrected chi connectivity index (χ2v) is 6.53. The quantitative estimate of drug-likeness (QED) is 0.299. The molecule has 0 spiro atoms. The third kappa shape index (κ3) is 7.90. The molecule has 2 rings (SSSR count). The molecule has 1 amide bonds. The van der Waals surface area contributed by atoms with Gasteiger partial charge in [0.25, 0.3) is 0 Å². The second kappa shape index (κ2) is 11.1. The second-order valence-electron chi connectivity index (χ2n) is 6.53. The predicted molar refractivity (Wildman–Crippen MR) is 114 cm³/mol. The van der Waals surface area contributed by atoms with E-state index in [1.165, 1.54) is 5.56 Å². The van der Waals surface area contributed by atoms with Crippen LogP contribution in [-0.2, 0) is 11.2 Å². The molecule has 1 aromatic carbocycles. The highest BCUT2D eigenvalue weighted by molar-refractivity contribution is 14.0. The maximum absolute atomic E-state index is 12.2. The maximum atomic E-state index is 12.2. The Bertz CT molecular complexity index is 580. The standard InChI is InChI=1S/C19H28N4O.HI/c1-15(2)13-21-19(20)22-14-18(24)23-10-8-17(9-11-23)12-16-6-4-3-5-7-16;/h3-7,17H,1,8-14H2,2H3,(H3,20,21,22);1H. The monoisotopic (exact) mass is 456 g/mol. The number of halogens is 1. The molecule has 0 unspecified atom stereocenters. The number of nitrogens with zero attached hydrogens (tertiary/aromatic N) is 2. The van der Waals surface area contributed by atoms with Crippen LogP contribution in [-0.4, -0.2) is 42.9 Å². The van der Waals surface area contributed by atoms with Gasteiger partial charge in [0.05, 0.1) is 0 Å². The molecule has 1 aliphatic rings. The van der Waals surface area contributed by atoms with Gasteiger partial charge in [0, 0.05) is 19.6 Å². The van der Waals surface area contributed by atoms with Crippen molar-refractivity contribution in [1.82, 2.24) is 10.2 Å². The van der Waals surface area contributed by atoms with Gasteiger partial charge in [-0.05, 0) is 37.7 Å². The van der Waals surface area contributed by atoms with Crippen LogP contribution in [0.15, 0.2) is 47.5 Å². The predicted octanol–water partition coefficient (Wildman–Crippen LogP) is 2.57. The fourth-order valence-electron chi connectivity index (χ4n) is 2.88. The fraction of sp³-hybridized carbons (Fsp3) is 0.474. The molecule has 3 N–H and O–H groups in total. The Labute approximate surface area is 167 Å². The molecular formula is C19H29IN4O. The van der Waals surface area contributed by atoms with Crippen molar-refractivity contribution in [3.05, 3.63) is 48.0 Å². The van der Waals surface area contributed by atoms with Crippen LogP contribution >= 0.6 is 24.0 Å². The Morgan fingerprint density at radius 3 is 2.56 bits per heavy atom. The summed E-state index contributed by atoms with van der Waals surface area (Å²) in [5, 5.41) is 2.93. The average molecular weight is 456 g/mol. The normalized spacial score (nSPS) is 15.4. The van der Waals surface area contributed by atoms with E-state index >= 15 is 0 Å². The van der Waals surface area contributed by atoms with Crippen molar-refractivity contribution < 1.29 is 4.79 Å². The zero-order valence-electron chi connectivity index (χ0n) is 14.9. The van der Waals surface area contributed by atoms with E-state index in [-0.39, 0.29) is 36.4 Å². The van der Waals surface area contributed by atoms with Crippen LogP contribution in [0.2, 0.25) is 0 Å². The van der Waals surface area contributed by atoms with Gasteiger partial charge in [0.1, 0.15) is 6.54 Å². The molecule has 0 radical (unpaired) electrons. The lowest BCUT2D eigenvalue weighted by molar-refractivity contribution is -0.130. The van der Waals surface area contributed by atoms with Crippen molar-refractivity contribution >= 4 is 35.8 Å². The van der Waals surface area contributed by atoms with Crippen molar-refractivity contribution in [3.63, 3.8) is 0 Å². The molecule has 5 nitrogen and oxygen atoms in total. The number of hydrogen-bond donors (Lipinski definition) is 2. The number of rotatable bonds is 6. The third-order valence-corrected chi connectivity index (χ3v) is 4.29. The average Bonchev–Trinajstić information content (AvgIpc) is 2.59. The van der Waals surface area contributed by atoms with Crippen molar-refractivity contribution in [1.29, 1.82) is 0 Å². The van der Waals surface area contributed by atoms with Gasteiger partial charge in [-0.15, -0.1) is 24.0 Å². The molecule has 0 saturated carbocycles. The number of piperidine rings is 1. The van der Waals surface area contributed by atoms with Crippen molar-refractivity contribution in [2.75, 3.05) is 26.2 Å². The molecule has 138 valence electrons. The Hall–Kier alpha value is -1.57. The van der Waals surface area contributed by atoms with E-state index < -0.39 is 0 Å². The summed E-state index contributed by atoms with van der Waals surface area (Å²) in [6.07, 6.45) is 3.19. The molecule has 0 aliphatic carbocycles. The van der Waals surface area contributed by atoms with Gasteiger partial charge in [0.2, 0.25) is 5.91 Å². The van der Waals surface area contributed by atoms with Crippen molar-refractivity contribution in [2.45, 2.75) is 26.2 Å². The van der Waals surface area contributed by atoms with Crippen LogP contribution in [0.1, 0.15) is 25.3 Å². The van der Waals surface area contributed by atoms with E-state index in [1.807, 2.05) is 17.9 Å². The maximum Gasteiger partial charge on any atom is 0.244 e. The summed E-state index contributed by atoms with van der Waals surface area (Å²) in [4.78, 5) is 18.2. The first-order chi connectivity index (χ1) is 11.5. The summed E-state index contributed by atoms with van der Waals surface area (Å²) < 4.78 is 0. The fourth-order valence-corrected chi connectivity index (χ4v) is 2.88. The van der Waals surface area contributed by atoms with E-state index in [2.05, 4.69) is 41.2 Å². The molecule has 6 heteroatoms. The number of benzene rings is 1. The van der Waals surface area contributed by atoms with E-state index in [1.54, 1.807) is 0 Å². The topological polar surface area (TPSA) is 70.7 Å². The van der Waals surface area contributed by atoms with Crippen molar-refractivity contribution in [3.8, 4) is 0 Å². The first-order valence-corrected chi connectivity index (χ1v) is 8.54. The molecule has 1 heterocycles. The Morgan fingerprint density at radius 2 is 1.96 bits per heavy atom. The lowest BCUT2D eigenvalue weighted by Crippen LogP contribution is -2.41. The summed E-state index contributed by atoms with van der Waals surface area (Å²) in [6, 6.07) is 10.6. The molecule has 1 aliphatic heterocycles. The van der Waals surface area contributed by atoms with Crippen LogP contribution in [0.4, 0.5) is 0 Å². The number of carbonyl (C=O) groups excluding carboxylic acids is 1. The van der Waals surface area contributed by atoms with Crippen LogP contribution in [0.5, 0.6) is 0 Å². The van der Waals surface area contributed by atoms with Crippen LogP contribution in [0.3, 0.4) is 0 Å². The number of nitrogens with one attached hydrogen (secondary N) is 1. The number of carbonyl (C=O) groups is 1. The lowest BCUT2D eigenvalue weighted by atomic mass is 9.90. The number of amides is 1. The van der Waals surface area contributed by atoms with Gasteiger partial charge in [0.15, 0.2) is 5.96 Å². The zero-order valence-corrected chi connectivity index (χ0v) is 17.2. The third-order valence-electron chi connectivity index (χ3n) is 4.29. The highest BCUT2D eigenvalue weighted by Crippen LogP contribution is 2.21. The number of hydrogen-bond acceptors (Lipinski definition) is 2. The molecule has 1 fully saturated rings.